The third kappa shape index (κ3) is 4.42. The van der Waals surface area contributed by atoms with Gasteiger partial charge in [0.1, 0.15) is 5.75 Å². The summed E-state index contributed by atoms with van der Waals surface area (Å²) in [6.45, 7) is 5.27. The van der Waals surface area contributed by atoms with Crippen LogP contribution in [0.25, 0.3) is 16.6 Å². The minimum absolute atomic E-state index is 0.0885. The number of alkyl halides is 3. The summed E-state index contributed by atoms with van der Waals surface area (Å²) in [5, 5.41) is 25.4. The molecule has 5 rings (SSSR count). The lowest BCUT2D eigenvalue weighted by Gasteiger charge is -2.45. The number of nitrogens with one attached hydrogen (secondary N) is 1. The SMILES string of the molecule is CC(C)c1cc(O)c2c(c1)C(Nc1cccc3c1ccc(=O)n3-c1ccc(F)nc1)C(O)(C(F)(F)F)CC2C. The topological polar surface area (TPSA) is 87.4 Å². The number of anilines is 1. The van der Waals surface area contributed by atoms with Crippen molar-refractivity contribution in [2.45, 2.75) is 56.8 Å². The first kappa shape index (κ1) is 26.7. The van der Waals surface area contributed by atoms with Crippen molar-refractivity contribution < 1.29 is 27.8 Å². The maximum absolute atomic E-state index is 14.6. The molecule has 1 aliphatic carbocycles. The van der Waals surface area contributed by atoms with Gasteiger partial charge >= 0.3 is 6.18 Å². The van der Waals surface area contributed by atoms with Crippen LogP contribution in [0.4, 0.5) is 23.2 Å². The lowest BCUT2D eigenvalue weighted by Crippen LogP contribution is -2.55. The predicted molar refractivity (Wildman–Crippen MR) is 140 cm³/mol. The van der Waals surface area contributed by atoms with Crippen LogP contribution in [0.2, 0.25) is 0 Å². The Morgan fingerprint density at radius 3 is 2.51 bits per heavy atom. The number of aromatic hydroxyl groups is 1. The first-order valence-corrected chi connectivity index (χ1v) is 12.5. The van der Waals surface area contributed by atoms with E-state index >= 15 is 0 Å². The van der Waals surface area contributed by atoms with E-state index in [0.29, 0.717) is 22.0 Å². The molecular weight excluding hydrogens is 514 g/mol. The third-order valence-electron chi connectivity index (χ3n) is 7.48. The molecule has 3 N–H and O–H groups in total. The number of nitrogens with zero attached hydrogens (tertiary/aromatic N) is 2. The minimum Gasteiger partial charge on any atom is -0.508 e. The Bertz CT molecular complexity index is 1620. The first-order chi connectivity index (χ1) is 18.3. The fourth-order valence-corrected chi connectivity index (χ4v) is 5.53. The number of hydrogen-bond donors (Lipinski definition) is 3. The Morgan fingerprint density at radius 1 is 1.13 bits per heavy atom. The number of pyridine rings is 2. The summed E-state index contributed by atoms with van der Waals surface area (Å²) < 4.78 is 58.4. The van der Waals surface area contributed by atoms with E-state index in [0.717, 1.165) is 6.07 Å². The van der Waals surface area contributed by atoms with Crippen LogP contribution >= 0.6 is 0 Å². The normalized spacial score (nSPS) is 21.3. The van der Waals surface area contributed by atoms with Crippen LogP contribution in [0.1, 0.15) is 61.8 Å². The maximum atomic E-state index is 14.6. The van der Waals surface area contributed by atoms with Gasteiger partial charge in [0.15, 0.2) is 5.60 Å². The monoisotopic (exact) mass is 541 g/mol. The van der Waals surface area contributed by atoms with E-state index in [4.69, 9.17) is 0 Å². The highest BCUT2D eigenvalue weighted by atomic mass is 19.4. The van der Waals surface area contributed by atoms with Gasteiger partial charge < -0.3 is 15.5 Å². The zero-order chi connectivity index (χ0) is 28.3. The van der Waals surface area contributed by atoms with Crippen molar-refractivity contribution in [3.63, 3.8) is 0 Å². The Balaban J connectivity index is 1.73. The van der Waals surface area contributed by atoms with Crippen molar-refractivity contribution in [2.24, 2.45) is 0 Å². The molecule has 0 aliphatic heterocycles. The molecule has 0 saturated carbocycles. The standard InChI is InChI=1S/C29H27F4N3O3/c1-15(2)17-11-20-26(23(37)12-17)16(3)13-28(39,29(31,32)33)27(20)35-21-5-4-6-22-19(21)8-10-25(38)36(22)18-7-9-24(30)34-14-18/h4-12,14-16,27,35,37,39H,13H2,1-3H3. The Kier molecular flexibility index (Phi) is 6.41. The highest BCUT2D eigenvalue weighted by molar-refractivity contribution is 5.92. The van der Waals surface area contributed by atoms with Crippen LogP contribution in [-0.2, 0) is 0 Å². The van der Waals surface area contributed by atoms with E-state index in [2.05, 4.69) is 10.3 Å². The molecule has 2 heterocycles. The van der Waals surface area contributed by atoms with Crippen molar-refractivity contribution in [3.05, 3.63) is 93.8 Å². The highest BCUT2D eigenvalue weighted by Crippen LogP contribution is 2.54. The quantitative estimate of drug-likeness (QED) is 0.208. The van der Waals surface area contributed by atoms with Crippen LogP contribution in [0, 0.1) is 5.95 Å². The van der Waals surface area contributed by atoms with Crippen LogP contribution in [0.5, 0.6) is 5.75 Å². The van der Waals surface area contributed by atoms with Crippen molar-refractivity contribution in [1.82, 2.24) is 9.55 Å². The second kappa shape index (κ2) is 9.37. The minimum atomic E-state index is -4.99. The summed E-state index contributed by atoms with van der Waals surface area (Å²) >= 11 is 0. The van der Waals surface area contributed by atoms with Gasteiger partial charge in [0, 0.05) is 22.7 Å². The summed E-state index contributed by atoms with van der Waals surface area (Å²) in [6, 6.07) is 11.5. The molecule has 204 valence electrons. The summed E-state index contributed by atoms with van der Waals surface area (Å²) in [6.07, 6.45) is -4.47. The van der Waals surface area contributed by atoms with Crippen molar-refractivity contribution in [1.29, 1.82) is 0 Å². The van der Waals surface area contributed by atoms with Crippen molar-refractivity contribution >= 4 is 16.6 Å². The zero-order valence-electron chi connectivity index (χ0n) is 21.4. The van der Waals surface area contributed by atoms with Crippen molar-refractivity contribution in [2.75, 3.05) is 5.32 Å². The molecule has 4 aromatic rings. The molecule has 0 fully saturated rings. The molecule has 3 unspecified atom stereocenters. The molecule has 0 radical (unpaired) electrons. The second-order valence-corrected chi connectivity index (χ2v) is 10.4. The zero-order valence-corrected chi connectivity index (χ0v) is 21.4. The fourth-order valence-electron chi connectivity index (χ4n) is 5.53. The summed E-state index contributed by atoms with van der Waals surface area (Å²) in [5.41, 5.74) is -1.60. The molecule has 0 bridgehead atoms. The van der Waals surface area contributed by atoms with Crippen LogP contribution < -0.4 is 10.9 Å². The first-order valence-electron chi connectivity index (χ1n) is 12.5. The van der Waals surface area contributed by atoms with Gasteiger partial charge in [-0.2, -0.15) is 17.6 Å². The number of fused-ring (bicyclic) bond motifs is 2. The number of halogens is 4. The van der Waals surface area contributed by atoms with Gasteiger partial charge in [0.25, 0.3) is 5.56 Å². The largest absolute Gasteiger partial charge is 0.508 e. The number of benzene rings is 2. The number of aromatic nitrogens is 2. The average Bonchev–Trinajstić information content (AvgIpc) is 2.86. The van der Waals surface area contributed by atoms with Gasteiger partial charge in [0.05, 0.1) is 23.4 Å². The van der Waals surface area contributed by atoms with E-state index in [9.17, 15) is 32.6 Å². The highest BCUT2D eigenvalue weighted by Gasteiger charge is 2.62. The fraction of sp³-hybridized carbons (Fsp3) is 0.310. The van der Waals surface area contributed by atoms with Gasteiger partial charge in [-0.1, -0.05) is 32.9 Å². The predicted octanol–water partition coefficient (Wildman–Crippen LogP) is 6.31. The number of aliphatic hydroxyl groups is 1. The van der Waals surface area contributed by atoms with Crippen LogP contribution in [0.3, 0.4) is 0 Å². The second-order valence-electron chi connectivity index (χ2n) is 10.4. The number of hydrogen-bond acceptors (Lipinski definition) is 5. The smallest absolute Gasteiger partial charge is 0.419 e. The number of phenols is 1. The summed E-state index contributed by atoms with van der Waals surface area (Å²) in [5.74, 6) is -1.70. The lowest BCUT2D eigenvalue weighted by atomic mass is 9.69. The van der Waals surface area contributed by atoms with Gasteiger partial charge in [-0.15, -0.1) is 0 Å². The number of phenolic OH excluding ortho intramolecular Hbond substituents is 1. The van der Waals surface area contributed by atoms with Gasteiger partial charge in [-0.3, -0.25) is 9.36 Å². The van der Waals surface area contributed by atoms with E-state index < -0.39 is 41.7 Å². The lowest BCUT2D eigenvalue weighted by molar-refractivity contribution is -0.272. The van der Waals surface area contributed by atoms with E-state index in [-0.39, 0.29) is 28.6 Å². The molecule has 0 saturated heterocycles. The molecule has 1 aliphatic rings. The molecule has 2 aromatic heterocycles. The molecule has 3 atom stereocenters. The van der Waals surface area contributed by atoms with E-state index in [1.165, 1.54) is 29.0 Å². The van der Waals surface area contributed by atoms with Gasteiger partial charge in [-0.25, -0.2) is 4.98 Å². The maximum Gasteiger partial charge on any atom is 0.419 e. The Morgan fingerprint density at radius 2 is 1.87 bits per heavy atom. The molecule has 39 heavy (non-hydrogen) atoms. The number of rotatable bonds is 4. The average molecular weight is 542 g/mol. The molecule has 0 amide bonds. The molecule has 0 spiro atoms. The van der Waals surface area contributed by atoms with E-state index in [1.54, 1.807) is 37.3 Å². The van der Waals surface area contributed by atoms with Gasteiger partial charge in [0.2, 0.25) is 5.95 Å². The van der Waals surface area contributed by atoms with Gasteiger partial charge in [-0.05, 0) is 65.8 Å². The van der Waals surface area contributed by atoms with E-state index in [1.807, 2.05) is 13.8 Å². The molecule has 10 heteroatoms. The van der Waals surface area contributed by atoms with Crippen molar-refractivity contribution in [3.8, 4) is 11.4 Å². The molecule has 6 nitrogen and oxygen atoms in total. The molecule has 2 aromatic carbocycles. The Labute approximate surface area is 221 Å². The Hall–Kier alpha value is -3.92. The molecular formula is C29H27F4N3O3. The van der Waals surface area contributed by atoms with Crippen LogP contribution in [-0.4, -0.2) is 31.5 Å². The third-order valence-corrected chi connectivity index (χ3v) is 7.48. The summed E-state index contributed by atoms with van der Waals surface area (Å²) in [7, 11) is 0. The summed E-state index contributed by atoms with van der Waals surface area (Å²) in [4.78, 5) is 16.4. The van der Waals surface area contributed by atoms with Crippen LogP contribution in [0.15, 0.2) is 65.6 Å².